The van der Waals surface area contributed by atoms with Crippen molar-refractivity contribution >= 4 is 5.69 Å². The minimum absolute atomic E-state index is 1.04. The van der Waals surface area contributed by atoms with E-state index in [4.69, 9.17) is 5.73 Å². The van der Waals surface area contributed by atoms with Crippen LogP contribution in [-0.4, -0.2) is 0 Å². The molecule has 0 spiro atoms. The van der Waals surface area contributed by atoms with Crippen molar-refractivity contribution in [3.63, 3.8) is 0 Å². The summed E-state index contributed by atoms with van der Waals surface area (Å²) in [6, 6.07) is 2.36. The second-order valence-corrected chi connectivity index (χ2v) is 4.39. The van der Waals surface area contributed by atoms with Gasteiger partial charge in [0.1, 0.15) is 0 Å². The predicted molar refractivity (Wildman–Crippen MR) is 77.5 cm³/mol. The van der Waals surface area contributed by atoms with Crippen molar-refractivity contribution in [3.05, 3.63) is 41.0 Å². The van der Waals surface area contributed by atoms with Crippen LogP contribution in [-0.2, 0) is 19.3 Å². The van der Waals surface area contributed by atoms with E-state index in [1.807, 2.05) is 19.9 Å². The van der Waals surface area contributed by atoms with Crippen LogP contribution in [0.2, 0.25) is 0 Å². The Hall–Kier alpha value is -1.24. The first-order chi connectivity index (χ1) is 8.24. The molecule has 17 heavy (non-hydrogen) atoms. The second kappa shape index (κ2) is 6.48. The molecule has 0 radical (unpaired) electrons. The van der Waals surface area contributed by atoms with Gasteiger partial charge >= 0.3 is 0 Å². The highest BCUT2D eigenvalue weighted by Crippen LogP contribution is 2.32. The Morgan fingerprint density at radius 3 is 2.71 bits per heavy atom. The molecule has 0 unspecified atom stereocenters. The first kappa shape index (κ1) is 13.8. The zero-order valence-corrected chi connectivity index (χ0v) is 11.5. The maximum Gasteiger partial charge on any atom is 0.0381 e. The van der Waals surface area contributed by atoms with E-state index in [0.29, 0.717) is 0 Å². The molecule has 0 bridgehead atoms. The standard InChI is InChI=1S/C14H19N.C2H6/c1-3-4-6-11-9-12-7-5-8-13(12)14(15)10(11)2;1-2/h3,9H,1,4-8,15H2,2H3;1-2H3. The van der Waals surface area contributed by atoms with Crippen molar-refractivity contribution in [2.45, 2.75) is 52.9 Å². The second-order valence-electron chi connectivity index (χ2n) is 4.39. The number of fused-ring (bicyclic) bond motifs is 1. The number of rotatable bonds is 3. The minimum Gasteiger partial charge on any atom is -0.398 e. The van der Waals surface area contributed by atoms with Gasteiger partial charge in [-0.1, -0.05) is 26.0 Å². The van der Waals surface area contributed by atoms with E-state index >= 15 is 0 Å². The number of anilines is 1. The molecule has 1 aromatic carbocycles. The van der Waals surface area contributed by atoms with Crippen LogP contribution in [0.4, 0.5) is 5.69 Å². The van der Waals surface area contributed by atoms with Gasteiger partial charge in [0.05, 0.1) is 0 Å². The molecular weight excluding hydrogens is 206 g/mol. The highest BCUT2D eigenvalue weighted by atomic mass is 14.6. The molecule has 1 aliphatic rings. The van der Waals surface area contributed by atoms with Crippen LogP contribution in [0.15, 0.2) is 18.7 Å². The largest absolute Gasteiger partial charge is 0.398 e. The van der Waals surface area contributed by atoms with Crippen LogP contribution in [0, 0.1) is 6.92 Å². The maximum absolute atomic E-state index is 6.18. The van der Waals surface area contributed by atoms with E-state index < -0.39 is 0 Å². The highest BCUT2D eigenvalue weighted by molar-refractivity contribution is 5.61. The summed E-state index contributed by atoms with van der Waals surface area (Å²) in [4.78, 5) is 0. The third-order valence-corrected chi connectivity index (χ3v) is 3.44. The molecule has 0 amide bonds. The van der Waals surface area contributed by atoms with Crippen molar-refractivity contribution in [3.8, 4) is 0 Å². The number of hydrogen-bond acceptors (Lipinski definition) is 1. The summed E-state index contributed by atoms with van der Waals surface area (Å²) in [5, 5.41) is 0. The van der Waals surface area contributed by atoms with Gasteiger partial charge in [0.25, 0.3) is 0 Å². The quantitative estimate of drug-likeness (QED) is 0.612. The van der Waals surface area contributed by atoms with Crippen LogP contribution >= 0.6 is 0 Å². The van der Waals surface area contributed by atoms with Gasteiger partial charge in [-0.25, -0.2) is 0 Å². The van der Waals surface area contributed by atoms with Gasteiger partial charge in [0.2, 0.25) is 0 Å². The van der Waals surface area contributed by atoms with E-state index in [0.717, 1.165) is 18.5 Å². The Morgan fingerprint density at radius 2 is 2.06 bits per heavy atom. The number of allylic oxidation sites excluding steroid dienone is 1. The number of nitrogens with two attached hydrogens (primary N) is 1. The van der Waals surface area contributed by atoms with Crippen molar-refractivity contribution in [1.29, 1.82) is 0 Å². The fraction of sp³-hybridized carbons (Fsp3) is 0.500. The van der Waals surface area contributed by atoms with Gasteiger partial charge in [0, 0.05) is 5.69 Å². The molecule has 0 atom stereocenters. The number of benzene rings is 1. The smallest absolute Gasteiger partial charge is 0.0381 e. The fourth-order valence-corrected chi connectivity index (χ4v) is 2.47. The molecule has 1 aromatic rings. The Bertz CT molecular complexity index is 391. The lowest BCUT2D eigenvalue weighted by atomic mass is 9.95. The molecule has 1 aliphatic carbocycles. The topological polar surface area (TPSA) is 26.0 Å². The fourth-order valence-electron chi connectivity index (χ4n) is 2.47. The van der Waals surface area contributed by atoms with Crippen LogP contribution in [0.1, 0.15) is 48.9 Å². The van der Waals surface area contributed by atoms with Crippen molar-refractivity contribution in [2.24, 2.45) is 0 Å². The van der Waals surface area contributed by atoms with Gasteiger partial charge in [-0.15, -0.1) is 6.58 Å². The van der Waals surface area contributed by atoms with Gasteiger partial charge in [0.15, 0.2) is 0 Å². The van der Waals surface area contributed by atoms with Crippen LogP contribution in [0.25, 0.3) is 0 Å². The number of nitrogen functional groups attached to an aromatic ring is 1. The molecule has 2 rings (SSSR count). The third kappa shape index (κ3) is 2.91. The van der Waals surface area contributed by atoms with E-state index in [9.17, 15) is 0 Å². The molecule has 94 valence electrons. The van der Waals surface area contributed by atoms with Crippen molar-refractivity contribution in [1.82, 2.24) is 0 Å². The molecule has 0 saturated carbocycles. The van der Waals surface area contributed by atoms with Gasteiger partial charge in [-0.2, -0.15) is 0 Å². The zero-order chi connectivity index (χ0) is 12.8. The lowest BCUT2D eigenvalue weighted by molar-refractivity contribution is 0.911. The third-order valence-electron chi connectivity index (χ3n) is 3.44. The lowest BCUT2D eigenvalue weighted by Crippen LogP contribution is -2.01. The summed E-state index contributed by atoms with van der Waals surface area (Å²) >= 11 is 0. The molecule has 2 N–H and O–H groups in total. The molecule has 0 aliphatic heterocycles. The first-order valence-electron chi connectivity index (χ1n) is 6.74. The van der Waals surface area contributed by atoms with Crippen molar-refractivity contribution in [2.75, 3.05) is 5.73 Å². The summed E-state index contributed by atoms with van der Waals surface area (Å²) in [5.41, 5.74) is 12.8. The zero-order valence-electron chi connectivity index (χ0n) is 11.5. The lowest BCUT2D eigenvalue weighted by Gasteiger charge is -2.13. The van der Waals surface area contributed by atoms with E-state index in [1.165, 1.54) is 41.5 Å². The number of hydrogen-bond donors (Lipinski definition) is 1. The van der Waals surface area contributed by atoms with Gasteiger partial charge in [-0.3, -0.25) is 0 Å². The number of aryl methyl sites for hydroxylation is 2. The molecule has 1 nitrogen and oxygen atoms in total. The van der Waals surface area contributed by atoms with E-state index in [-0.39, 0.29) is 0 Å². The summed E-state index contributed by atoms with van der Waals surface area (Å²) in [6.07, 6.45) is 7.74. The Kier molecular flexibility index (Phi) is 5.27. The predicted octanol–water partition coefficient (Wildman–Crippen LogP) is 4.21. The van der Waals surface area contributed by atoms with Crippen LogP contribution < -0.4 is 5.73 Å². The monoisotopic (exact) mass is 231 g/mol. The van der Waals surface area contributed by atoms with Crippen LogP contribution in [0.5, 0.6) is 0 Å². The average molecular weight is 231 g/mol. The minimum atomic E-state index is 1.04. The summed E-state index contributed by atoms with van der Waals surface area (Å²) in [6.45, 7) is 9.91. The maximum atomic E-state index is 6.18. The molecule has 0 heterocycles. The van der Waals surface area contributed by atoms with Gasteiger partial charge in [-0.05, 0) is 61.3 Å². The molecule has 0 fully saturated rings. The highest BCUT2D eigenvalue weighted by Gasteiger charge is 2.17. The molecule has 0 saturated heterocycles. The normalized spacial score (nSPS) is 12.6. The van der Waals surface area contributed by atoms with Crippen molar-refractivity contribution < 1.29 is 0 Å². The Morgan fingerprint density at radius 1 is 1.35 bits per heavy atom. The first-order valence-corrected chi connectivity index (χ1v) is 6.74. The average Bonchev–Trinajstić information content (AvgIpc) is 2.83. The Labute approximate surface area is 106 Å². The summed E-state index contributed by atoms with van der Waals surface area (Å²) < 4.78 is 0. The Balaban J connectivity index is 0.000000686. The SMILES string of the molecule is C=CCCc1cc2c(c(N)c1C)CCC2.CC. The summed E-state index contributed by atoms with van der Waals surface area (Å²) in [5.74, 6) is 0. The van der Waals surface area contributed by atoms with Gasteiger partial charge < -0.3 is 5.73 Å². The van der Waals surface area contributed by atoms with Crippen LogP contribution in [0.3, 0.4) is 0 Å². The summed E-state index contributed by atoms with van der Waals surface area (Å²) in [7, 11) is 0. The molecule has 1 heteroatoms. The van der Waals surface area contributed by atoms with E-state index in [2.05, 4.69) is 19.6 Å². The van der Waals surface area contributed by atoms with E-state index in [1.54, 1.807) is 0 Å². The molecular formula is C16H25N. The molecule has 0 aromatic heterocycles.